The monoisotopic (exact) mass is 350 g/mol. The maximum Gasteiger partial charge on any atom is 0.410 e. The molecule has 1 N–H and O–H groups in total. The summed E-state index contributed by atoms with van der Waals surface area (Å²) in [5.41, 5.74) is 1.02. The average molecular weight is 351 g/mol. The van der Waals surface area contributed by atoms with Crippen LogP contribution in [0.1, 0.15) is 59.6 Å². The molecule has 6 heteroatoms. The Labute approximate surface area is 151 Å². The minimum atomic E-state index is -0.430. The fourth-order valence-electron chi connectivity index (χ4n) is 3.16. The van der Waals surface area contributed by atoms with Crippen LogP contribution in [0.15, 0.2) is 12.5 Å². The minimum Gasteiger partial charge on any atom is -0.444 e. The van der Waals surface area contributed by atoms with E-state index in [0.717, 1.165) is 52.0 Å². The lowest BCUT2D eigenvalue weighted by molar-refractivity contribution is 0.0119. The first-order chi connectivity index (χ1) is 11.7. The van der Waals surface area contributed by atoms with Gasteiger partial charge in [-0.15, -0.1) is 0 Å². The van der Waals surface area contributed by atoms with Gasteiger partial charge in [-0.1, -0.05) is 13.8 Å². The van der Waals surface area contributed by atoms with Gasteiger partial charge in [0.15, 0.2) is 0 Å². The number of hydrogen-bond donors (Lipinski definition) is 1. The molecule has 1 aromatic heterocycles. The molecule has 1 aliphatic rings. The van der Waals surface area contributed by atoms with Gasteiger partial charge in [0.25, 0.3) is 0 Å². The summed E-state index contributed by atoms with van der Waals surface area (Å²) >= 11 is 0. The molecule has 1 aromatic rings. The zero-order valence-corrected chi connectivity index (χ0v) is 16.5. The smallest absolute Gasteiger partial charge is 0.410 e. The van der Waals surface area contributed by atoms with E-state index in [-0.39, 0.29) is 11.5 Å². The Balaban J connectivity index is 1.76. The molecule has 1 saturated heterocycles. The summed E-state index contributed by atoms with van der Waals surface area (Å²) < 4.78 is 7.68. The number of nitrogens with zero attached hydrogens (tertiary/aromatic N) is 3. The van der Waals surface area contributed by atoms with Crippen molar-refractivity contribution in [1.29, 1.82) is 0 Å². The SMILES string of the molecule is CCCn1cncc1CNCC1(C)CCN(C(=O)OC(C)(C)C)CC1. The van der Waals surface area contributed by atoms with E-state index in [0.29, 0.717) is 0 Å². The molecule has 0 aromatic carbocycles. The number of amides is 1. The number of piperidine rings is 1. The molecular formula is C19H34N4O2. The third-order valence-corrected chi connectivity index (χ3v) is 4.74. The fraction of sp³-hybridized carbons (Fsp3) is 0.789. The highest BCUT2D eigenvalue weighted by molar-refractivity contribution is 5.68. The van der Waals surface area contributed by atoms with Gasteiger partial charge in [-0.2, -0.15) is 0 Å². The number of carbonyl (C=O) groups is 1. The van der Waals surface area contributed by atoms with Crippen molar-refractivity contribution >= 4 is 6.09 Å². The van der Waals surface area contributed by atoms with Crippen LogP contribution in [0.25, 0.3) is 0 Å². The minimum absolute atomic E-state index is 0.189. The van der Waals surface area contributed by atoms with Crippen LogP contribution in [0.3, 0.4) is 0 Å². The molecule has 0 aliphatic carbocycles. The van der Waals surface area contributed by atoms with Gasteiger partial charge in [-0.3, -0.25) is 0 Å². The van der Waals surface area contributed by atoms with E-state index in [1.54, 1.807) is 0 Å². The summed E-state index contributed by atoms with van der Waals surface area (Å²) in [4.78, 5) is 18.3. The highest BCUT2D eigenvalue weighted by atomic mass is 16.6. The molecule has 0 atom stereocenters. The van der Waals surface area contributed by atoms with E-state index in [2.05, 4.69) is 28.7 Å². The van der Waals surface area contributed by atoms with Crippen molar-refractivity contribution in [2.75, 3.05) is 19.6 Å². The Bertz CT molecular complexity index is 554. The quantitative estimate of drug-likeness (QED) is 0.854. The number of imidazole rings is 1. The molecule has 1 aliphatic heterocycles. The molecule has 0 unspecified atom stereocenters. The maximum absolute atomic E-state index is 12.2. The normalized spacial score (nSPS) is 17.6. The summed E-state index contributed by atoms with van der Waals surface area (Å²) in [6, 6.07) is 0. The number of hydrogen-bond acceptors (Lipinski definition) is 4. The molecular weight excluding hydrogens is 316 g/mol. The largest absolute Gasteiger partial charge is 0.444 e. The van der Waals surface area contributed by atoms with Crippen molar-refractivity contribution in [3.05, 3.63) is 18.2 Å². The van der Waals surface area contributed by atoms with E-state index in [1.807, 2.05) is 38.2 Å². The highest BCUT2D eigenvalue weighted by Crippen LogP contribution is 2.30. The van der Waals surface area contributed by atoms with E-state index >= 15 is 0 Å². The third-order valence-electron chi connectivity index (χ3n) is 4.74. The Kier molecular flexibility index (Phi) is 6.49. The predicted octanol–water partition coefficient (Wildman–Crippen LogP) is 3.42. The number of carbonyl (C=O) groups excluding carboxylic acids is 1. The zero-order chi connectivity index (χ0) is 18.5. The summed E-state index contributed by atoms with van der Waals surface area (Å²) in [6.07, 6.45) is 6.76. The van der Waals surface area contributed by atoms with E-state index in [1.165, 1.54) is 5.69 Å². The Morgan fingerprint density at radius 3 is 2.64 bits per heavy atom. The fourth-order valence-corrected chi connectivity index (χ4v) is 3.16. The van der Waals surface area contributed by atoms with Crippen molar-refractivity contribution in [3.8, 4) is 0 Å². The predicted molar refractivity (Wildman–Crippen MR) is 99.4 cm³/mol. The molecule has 1 fully saturated rings. The van der Waals surface area contributed by atoms with Gasteiger partial charge >= 0.3 is 6.09 Å². The second-order valence-corrected chi connectivity index (χ2v) is 8.46. The molecule has 0 spiro atoms. The standard InChI is InChI=1S/C19H34N4O2/c1-6-9-23-15-21-13-16(23)12-20-14-19(5)7-10-22(11-8-19)17(24)25-18(2,3)4/h13,15,20H,6-12,14H2,1-5H3. The van der Waals surface area contributed by atoms with Gasteiger partial charge in [0.05, 0.1) is 12.0 Å². The van der Waals surface area contributed by atoms with Crippen LogP contribution < -0.4 is 5.32 Å². The molecule has 25 heavy (non-hydrogen) atoms. The maximum atomic E-state index is 12.2. The first-order valence-corrected chi connectivity index (χ1v) is 9.40. The molecule has 142 valence electrons. The zero-order valence-electron chi connectivity index (χ0n) is 16.5. The first kappa shape index (κ1) is 19.8. The van der Waals surface area contributed by atoms with Gasteiger partial charge < -0.3 is 19.5 Å². The van der Waals surface area contributed by atoms with Crippen LogP contribution >= 0.6 is 0 Å². The topological polar surface area (TPSA) is 59.4 Å². The second-order valence-electron chi connectivity index (χ2n) is 8.46. The van der Waals surface area contributed by atoms with Crippen LogP contribution in [0.4, 0.5) is 4.79 Å². The number of rotatable bonds is 6. The lowest BCUT2D eigenvalue weighted by atomic mass is 9.80. The number of nitrogens with one attached hydrogen (secondary N) is 1. The molecule has 6 nitrogen and oxygen atoms in total. The van der Waals surface area contributed by atoms with Gasteiger partial charge in [-0.05, 0) is 45.4 Å². The molecule has 0 bridgehead atoms. The van der Waals surface area contributed by atoms with Gasteiger partial charge in [0.2, 0.25) is 0 Å². The Morgan fingerprint density at radius 1 is 1.36 bits per heavy atom. The lowest BCUT2D eigenvalue weighted by Gasteiger charge is -2.40. The molecule has 0 saturated carbocycles. The van der Waals surface area contributed by atoms with Gasteiger partial charge in [-0.25, -0.2) is 9.78 Å². The van der Waals surface area contributed by atoms with E-state index < -0.39 is 5.60 Å². The van der Waals surface area contributed by atoms with Crippen molar-refractivity contribution < 1.29 is 9.53 Å². The number of aryl methyl sites for hydroxylation is 1. The lowest BCUT2D eigenvalue weighted by Crippen LogP contribution is -2.47. The summed E-state index contributed by atoms with van der Waals surface area (Å²) in [6.45, 7) is 14.5. The van der Waals surface area contributed by atoms with Crippen LogP contribution in [0.2, 0.25) is 0 Å². The Hall–Kier alpha value is -1.56. The summed E-state index contributed by atoms with van der Waals surface area (Å²) in [5, 5.41) is 3.58. The average Bonchev–Trinajstić information content (AvgIpc) is 2.94. The molecule has 2 heterocycles. The molecule has 0 radical (unpaired) electrons. The van der Waals surface area contributed by atoms with Gasteiger partial charge in [0.1, 0.15) is 5.60 Å². The Morgan fingerprint density at radius 2 is 2.04 bits per heavy atom. The number of aromatic nitrogens is 2. The summed E-state index contributed by atoms with van der Waals surface area (Å²) in [5.74, 6) is 0. The van der Waals surface area contributed by atoms with Gasteiger partial charge in [0, 0.05) is 38.9 Å². The highest BCUT2D eigenvalue weighted by Gasteiger charge is 2.33. The first-order valence-electron chi connectivity index (χ1n) is 9.40. The third kappa shape index (κ3) is 6.03. The van der Waals surface area contributed by atoms with Crippen LogP contribution in [0, 0.1) is 5.41 Å². The van der Waals surface area contributed by atoms with Crippen LogP contribution in [-0.2, 0) is 17.8 Å². The van der Waals surface area contributed by atoms with Crippen molar-refractivity contribution in [2.45, 2.75) is 72.6 Å². The van der Waals surface area contributed by atoms with E-state index in [4.69, 9.17) is 4.74 Å². The van der Waals surface area contributed by atoms with Crippen LogP contribution in [0.5, 0.6) is 0 Å². The number of likely N-dealkylation sites (tertiary alicyclic amines) is 1. The van der Waals surface area contributed by atoms with Crippen molar-refractivity contribution in [3.63, 3.8) is 0 Å². The van der Waals surface area contributed by atoms with Crippen LogP contribution in [-0.4, -0.2) is 45.8 Å². The number of ether oxygens (including phenoxy) is 1. The van der Waals surface area contributed by atoms with Crippen molar-refractivity contribution in [1.82, 2.24) is 19.8 Å². The second kappa shape index (κ2) is 8.21. The molecule has 2 rings (SSSR count). The summed E-state index contributed by atoms with van der Waals surface area (Å²) in [7, 11) is 0. The van der Waals surface area contributed by atoms with Crippen molar-refractivity contribution in [2.24, 2.45) is 5.41 Å². The molecule has 1 amide bonds. The van der Waals surface area contributed by atoms with E-state index in [9.17, 15) is 4.79 Å².